The standard InChI is InChI=1S/C14H22N2O3S/c1-5-7-8-9(3)15-14-16-11(13(18)19-6-2)12(20-14)10(4)17/h9H,5-8H2,1-4H3,(H,15,16). The molecule has 1 rings (SSSR count). The maximum absolute atomic E-state index is 11.8. The molecule has 20 heavy (non-hydrogen) atoms. The van der Waals surface area contributed by atoms with Crippen molar-refractivity contribution in [3.63, 3.8) is 0 Å². The second kappa shape index (κ2) is 7.99. The molecule has 1 unspecified atom stereocenters. The predicted octanol–water partition coefficient (Wildman–Crippen LogP) is 3.51. The number of esters is 1. The van der Waals surface area contributed by atoms with E-state index in [1.807, 2.05) is 0 Å². The third-order valence-electron chi connectivity index (χ3n) is 2.78. The van der Waals surface area contributed by atoms with Crippen molar-refractivity contribution >= 4 is 28.2 Å². The molecule has 0 radical (unpaired) electrons. The minimum absolute atomic E-state index is 0.120. The molecule has 0 bridgehead atoms. The van der Waals surface area contributed by atoms with Crippen molar-refractivity contribution in [3.8, 4) is 0 Å². The summed E-state index contributed by atoms with van der Waals surface area (Å²) in [5.41, 5.74) is 0.120. The lowest BCUT2D eigenvalue weighted by Gasteiger charge is -2.11. The summed E-state index contributed by atoms with van der Waals surface area (Å²) in [4.78, 5) is 27.9. The van der Waals surface area contributed by atoms with E-state index >= 15 is 0 Å². The van der Waals surface area contributed by atoms with Crippen molar-refractivity contribution in [2.24, 2.45) is 0 Å². The molecule has 6 heteroatoms. The first-order chi connectivity index (χ1) is 9.49. The molecule has 112 valence electrons. The number of thiazole rings is 1. The number of anilines is 1. The number of ketones is 1. The number of ether oxygens (including phenoxy) is 1. The second-order valence-electron chi connectivity index (χ2n) is 4.66. The van der Waals surface area contributed by atoms with Gasteiger partial charge in [0, 0.05) is 13.0 Å². The van der Waals surface area contributed by atoms with Crippen LogP contribution < -0.4 is 5.32 Å². The minimum Gasteiger partial charge on any atom is -0.461 e. The van der Waals surface area contributed by atoms with E-state index in [2.05, 4.69) is 24.1 Å². The molecule has 0 spiro atoms. The van der Waals surface area contributed by atoms with Gasteiger partial charge in [-0.2, -0.15) is 0 Å². The fourth-order valence-electron chi connectivity index (χ4n) is 1.75. The molecule has 0 saturated heterocycles. The van der Waals surface area contributed by atoms with Crippen LogP contribution in [0, 0.1) is 0 Å². The molecule has 5 nitrogen and oxygen atoms in total. The first-order valence-corrected chi connectivity index (χ1v) is 7.76. The average Bonchev–Trinajstić information content (AvgIpc) is 2.80. The van der Waals surface area contributed by atoms with E-state index in [0.29, 0.717) is 10.0 Å². The van der Waals surface area contributed by atoms with E-state index in [0.717, 1.165) is 19.3 Å². The quantitative estimate of drug-likeness (QED) is 0.587. The van der Waals surface area contributed by atoms with Gasteiger partial charge >= 0.3 is 5.97 Å². The molecule has 1 aromatic heterocycles. The number of nitrogens with zero attached hydrogens (tertiary/aromatic N) is 1. The van der Waals surface area contributed by atoms with Gasteiger partial charge in [-0.05, 0) is 20.3 Å². The SMILES string of the molecule is CCCCC(C)Nc1nc(C(=O)OCC)c(C(C)=O)s1. The summed E-state index contributed by atoms with van der Waals surface area (Å²) in [6.45, 7) is 7.63. The normalized spacial score (nSPS) is 12.0. The van der Waals surface area contributed by atoms with Crippen LogP contribution >= 0.6 is 11.3 Å². The zero-order chi connectivity index (χ0) is 15.1. The summed E-state index contributed by atoms with van der Waals surface area (Å²) in [6.07, 6.45) is 3.29. The van der Waals surface area contributed by atoms with Crippen molar-refractivity contribution in [1.82, 2.24) is 4.98 Å². The Morgan fingerprint density at radius 2 is 2.10 bits per heavy atom. The Labute approximate surface area is 123 Å². The van der Waals surface area contributed by atoms with Crippen LogP contribution in [0.2, 0.25) is 0 Å². The highest BCUT2D eigenvalue weighted by atomic mass is 32.1. The van der Waals surface area contributed by atoms with Crippen molar-refractivity contribution in [2.75, 3.05) is 11.9 Å². The predicted molar refractivity (Wildman–Crippen MR) is 80.7 cm³/mol. The summed E-state index contributed by atoms with van der Waals surface area (Å²) in [5, 5.41) is 3.84. The molecule has 0 aliphatic heterocycles. The van der Waals surface area contributed by atoms with Crippen molar-refractivity contribution in [1.29, 1.82) is 0 Å². The van der Waals surface area contributed by atoms with Crippen LogP contribution in [0.3, 0.4) is 0 Å². The molecule has 1 heterocycles. The summed E-state index contributed by atoms with van der Waals surface area (Å²) in [6, 6.07) is 0.260. The summed E-state index contributed by atoms with van der Waals surface area (Å²) in [7, 11) is 0. The Kier molecular flexibility index (Phi) is 6.64. The molecule has 1 N–H and O–H groups in total. The Hall–Kier alpha value is -1.43. The smallest absolute Gasteiger partial charge is 0.358 e. The maximum atomic E-state index is 11.8. The number of aromatic nitrogens is 1. The number of nitrogens with one attached hydrogen (secondary N) is 1. The van der Waals surface area contributed by atoms with Gasteiger partial charge in [0.15, 0.2) is 16.6 Å². The van der Waals surface area contributed by atoms with E-state index in [1.54, 1.807) is 6.92 Å². The number of carbonyl (C=O) groups excluding carboxylic acids is 2. The van der Waals surface area contributed by atoms with Gasteiger partial charge in [-0.15, -0.1) is 0 Å². The summed E-state index contributed by atoms with van der Waals surface area (Å²) >= 11 is 1.21. The molecule has 1 aromatic rings. The Balaban J connectivity index is 2.86. The maximum Gasteiger partial charge on any atom is 0.358 e. The van der Waals surface area contributed by atoms with E-state index < -0.39 is 5.97 Å². The second-order valence-corrected chi connectivity index (χ2v) is 5.66. The number of carbonyl (C=O) groups is 2. The Morgan fingerprint density at radius 3 is 2.65 bits per heavy atom. The van der Waals surface area contributed by atoms with Gasteiger partial charge in [-0.3, -0.25) is 4.79 Å². The zero-order valence-electron chi connectivity index (χ0n) is 12.5. The summed E-state index contributed by atoms with van der Waals surface area (Å²) < 4.78 is 4.93. The molecule has 0 amide bonds. The average molecular weight is 298 g/mol. The van der Waals surface area contributed by atoms with Gasteiger partial charge in [0.25, 0.3) is 0 Å². The van der Waals surface area contributed by atoms with Crippen LogP contribution in [-0.2, 0) is 4.74 Å². The lowest BCUT2D eigenvalue weighted by atomic mass is 10.1. The molecular weight excluding hydrogens is 276 g/mol. The van der Waals surface area contributed by atoms with Gasteiger partial charge in [0.05, 0.1) is 6.61 Å². The number of Topliss-reactive ketones (excluding diaryl/α,β-unsaturated/α-hetero) is 1. The van der Waals surface area contributed by atoms with Gasteiger partial charge in [0.1, 0.15) is 4.88 Å². The lowest BCUT2D eigenvalue weighted by Crippen LogP contribution is -2.15. The zero-order valence-corrected chi connectivity index (χ0v) is 13.3. The highest BCUT2D eigenvalue weighted by molar-refractivity contribution is 7.17. The third-order valence-corrected chi connectivity index (χ3v) is 3.86. The third kappa shape index (κ3) is 4.59. The number of hydrogen-bond donors (Lipinski definition) is 1. The number of rotatable bonds is 8. The van der Waals surface area contributed by atoms with Crippen LogP contribution in [0.15, 0.2) is 0 Å². The van der Waals surface area contributed by atoms with Gasteiger partial charge in [-0.1, -0.05) is 31.1 Å². The first kappa shape index (κ1) is 16.6. The summed E-state index contributed by atoms with van der Waals surface area (Å²) in [5.74, 6) is -0.706. The minimum atomic E-state index is -0.539. The molecular formula is C14H22N2O3S. The van der Waals surface area contributed by atoms with Crippen LogP contribution in [-0.4, -0.2) is 29.4 Å². The van der Waals surface area contributed by atoms with Crippen LogP contribution in [0.4, 0.5) is 5.13 Å². The topological polar surface area (TPSA) is 68.3 Å². The number of hydrogen-bond acceptors (Lipinski definition) is 6. The highest BCUT2D eigenvalue weighted by Gasteiger charge is 2.22. The molecule has 0 fully saturated rings. The Morgan fingerprint density at radius 1 is 1.40 bits per heavy atom. The molecule has 0 aromatic carbocycles. The molecule has 0 aliphatic carbocycles. The largest absolute Gasteiger partial charge is 0.461 e. The van der Waals surface area contributed by atoms with Crippen LogP contribution in [0.1, 0.15) is 67.1 Å². The van der Waals surface area contributed by atoms with E-state index in [4.69, 9.17) is 4.74 Å². The van der Waals surface area contributed by atoms with Gasteiger partial charge in [-0.25, -0.2) is 9.78 Å². The van der Waals surface area contributed by atoms with Crippen molar-refractivity contribution in [2.45, 2.75) is 53.0 Å². The van der Waals surface area contributed by atoms with Crippen molar-refractivity contribution in [3.05, 3.63) is 10.6 Å². The molecule has 1 atom stereocenters. The van der Waals surface area contributed by atoms with Crippen LogP contribution in [0.5, 0.6) is 0 Å². The molecule has 0 saturated carbocycles. The van der Waals surface area contributed by atoms with E-state index in [1.165, 1.54) is 18.3 Å². The first-order valence-electron chi connectivity index (χ1n) is 6.94. The fourth-order valence-corrected chi connectivity index (χ4v) is 2.71. The van der Waals surface area contributed by atoms with Gasteiger partial charge in [0.2, 0.25) is 0 Å². The van der Waals surface area contributed by atoms with Gasteiger partial charge < -0.3 is 10.1 Å². The van der Waals surface area contributed by atoms with E-state index in [-0.39, 0.29) is 24.1 Å². The van der Waals surface area contributed by atoms with Crippen molar-refractivity contribution < 1.29 is 14.3 Å². The van der Waals surface area contributed by atoms with E-state index in [9.17, 15) is 9.59 Å². The fraction of sp³-hybridized carbons (Fsp3) is 0.643. The molecule has 0 aliphatic rings. The highest BCUT2D eigenvalue weighted by Crippen LogP contribution is 2.25. The monoisotopic (exact) mass is 298 g/mol. The Bertz CT molecular complexity index is 471. The lowest BCUT2D eigenvalue weighted by molar-refractivity contribution is 0.0517. The number of unbranched alkanes of at least 4 members (excludes halogenated alkanes) is 1. The van der Waals surface area contributed by atoms with Crippen LogP contribution in [0.25, 0.3) is 0 Å².